The molecule has 2 rings (SSSR count). The molecule has 0 radical (unpaired) electrons. The van der Waals surface area contributed by atoms with Crippen molar-refractivity contribution in [1.29, 1.82) is 0 Å². The molecule has 5 nitrogen and oxygen atoms in total. The van der Waals surface area contributed by atoms with Crippen LogP contribution >= 0.6 is 0 Å². The molecule has 0 amide bonds. The Morgan fingerprint density at radius 1 is 1.56 bits per heavy atom. The van der Waals surface area contributed by atoms with E-state index in [0.717, 1.165) is 25.3 Å². The van der Waals surface area contributed by atoms with Gasteiger partial charge in [-0.05, 0) is 37.8 Å². The van der Waals surface area contributed by atoms with Gasteiger partial charge in [0.2, 0.25) is 5.95 Å². The van der Waals surface area contributed by atoms with Crippen LogP contribution < -0.4 is 16.2 Å². The topological polar surface area (TPSA) is 69.8 Å². The van der Waals surface area contributed by atoms with Crippen molar-refractivity contribution in [2.24, 2.45) is 5.92 Å². The second kappa shape index (κ2) is 6.00. The van der Waals surface area contributed by atoms with Crippen LogP contribution in [0.25, 0.3) is 0 Å². The first-order valence-electron chi connectivity index (χ1n) is 6.71. The number of aromatic nitrogens is 2. The highest BCUT2D eigenvalue weighted by Gasteiger charge is 2.13. The molecular formula is C13H22N4O. The Labute approximate surface area is 107 Å². The summed E-state index contributed by atoms with van der Waals surface area (Å²) in [6.07, 6.45) is 2.45. The lowest BCUT2D eigenvalue weighted by molar-refractivity contribution is 0.392. The lowest BCUT2D eigenvalue weighted by Gasteiger charge is -2.23. The van der Waals surface area contributed by atoms with E-state index in [1.54, 1.807) is 6.07 Å². The summed E-state index contributed by atoms with van der Waals surface area (Å²) < 4.78 is 0. The van der Waals surface area contributed by atoms with Crippen LogP contribution in [0.3, 0.4) is 0 Å². The molecule has 1 aliphatic heterocycles. The summed E-state index contributed by atoms with van der Waals surface area (Å²) in [6.45, 7) is 7.10. The summed E-state index contributed by atoms with van der Waals surface area (Å²) >= 11 is 0. The molecular weight excluding hydrogens is 228 g/mol. The van der Waals surface area contributed by atoms with Crippen LogP contribution in [0.15, 0.2) is 10.9 Å². The fraction of sp³-hybridized carbons (Fsp3) is 0.692. The van der Waals surface area contributed by atoms with Gasteiger partial charge in [-0.25, -0.2) is 4.98 Å². The molecule has 1 aromatic rings. The number of nitrogens with one attached hydrogen (secondary N) is 3. The molecule has 0 aliphatic carbocycles. The SMILES string of the molecule is CC(C)c1cc(=O)[nH]c(NCC2CCCNC2)n1. The summed E-state index contributed by atoms with van der Waals surface area (Å²) in [5.41, 5.74) is 0.751. The maximum atomic E-state index is 11.5. The van der Waals surface area contributed by atoms with Gasteiger partial charge in [0.25, 0.3) is 5.56 Å². The first kappa shape index (κ1) is 13.1. The Kier molecular flexibility index (Phi) is 4.36. The molecule has 0 saturated carbocycles. The summed E-state index contributed by atoms with van der Waals surface area (Å²) in [5.74, 6) is 1.48. The minimum absolute atomic E-state index is 0.0852. The van der Waals surface area contributed by atoms with Crippen molar-refractivity contribution in [2.75, 3.05) is 25.0 Å². The van der Waals surface area contributed by atoms with Crippen molar-refractivity contribution in [1.82, 2.24) is 15.3 Å². The highest BCUT2D eigenvalue weighted by Crippen LogP contribution is 2.12. The van der Waals surface area contributed by atoms with E-state index in [9.17, 15) is 4.79 Å². The summed E-state index contributed by atoms with van der Waals surface area (Å²) in [5, 5.41) is 6.62. The van der Waals surface area contributed by atoms with Gasteiger partial charge in [0.15, 0.2) is 0 Å². The largest absolute Gasteiger partial charge is 0.355 e. The predicted molar refractivity (Wildman–Crippen MR) is 73.0 cm³/mol. The van der Waals surface area contributed by atoms with E-state index < -0.39 is 0 Å². The minimum atomic E-state index is -0.0852. The van der Waals surface area contributed by atoms with Crippen molar-refractivity contribution >= 4 is 5.95 Å². The zero-order valence-electron chi connectivity index (χ0n) is 11.1. The molecule has 0 bridgehead atoms. The number of aromatic amines is 1. The first-order valence-corrected chi connectivity index (χ1v) is 6.71. The lowest BCUT2D eigenvalue weighted by atomic mass is 10.00. The highest BCUT2D eigenvalue weighted by molar-refractivity contribution is 5.26. The van der Waals surface area contributed by atoms with Crippen LogP contribution in [-0.2, 0) is 0 Å². The molecule has 3 N–H and O–H groups in total. The monoisotopic (exact) mass is 250 g/mol. The molecule has 0 aromatic carbocycles. The van der Waals surface area contributed by atoms with E-state index in [0.29, 0.717) is 11.9 Å². The van der Waals surface area contributed by atoms with Crippen LogP contribution in [-0.4, -0.2) is 29.6 Å². The molecule has 1 atom stereocenters. The van der Waals surface area contributed by atoms with Crippen molar-refractivity contribution in [3.05, 3.63) is 22.1 Å². The quantitative estimate of drug-likeness (QED) is 0.753. The number of H-pyrrole nitrogens is 1. The maximum Gasteiger partial charge on any atom is 0.252 e. The van der Waals surface area contributed by atoms with Gasteiger partial charge in [0.1, 0.15) is 0 Å². The van der Waals surface area contributed by atoms with E-state index in [1.165, 1.54) is 12.8 Å². The van der Waals surface area contributed by atoms with Crippen LogP contribution in [0.4, 0.5) is 5.95 Å². The third-order valence-electron chi connectivity index (χ3n) is 3.31. The molecule has 5 heteroatoms. The van der Waals surface area contributed by atoms with Crippen molar-refractivity contribution in [2.45, 2.75) is 32.6 Å². The van der Waals surface area contributed by atoms with Gasteiger partial charge in [-0.1, -0.05) is 13.8 Å². The average Bonchev–Trinajstić information content (AvgIpc) is 2.37. The van der Waals surface area contributed by atoms with E-state index >= 15 is 0 Å². The molecule has 1 saturated heterocycles. The molecule has 0 spiro atoms. The van der Waals surface area contributed by atoms with Gasteiger partial charge in [-0.3, -0.25) is 9.78 Å². The fourth-order valence-electron chi connectivity index (χ4n) is 2.20. The molecule has 100 valence electrons. The summed E-state index contributed by atoms with van der Waals surface area (Å²) in [4.78, 5) is 18.7. The van der Waals surface area contributed by atoms with Crippen LogP contribution in [0, 0.1) is 5.92 Å². The minimum Gasteiger partial charge on any atom is -0.355 e. The van der Waals surface area contributed by atoms with E-state index in [1.807, 2.05) is 13.8 Å². The third-order valence-corrected chi connectivity index (χ3v) is 3.31. The normalized spacial score (nSPS) is 20.1. The molecule has 1 fully saturated rings. The van der Waals surface area contributed by atoms with Crippen LogP contribution in [0.5, 0.6) is 0 Å². The number of anilines is 1. The lowest BCUT2D eigenvalue weighted by Crippen LogP contribution is -2.34. The molecule has 1 unspecified atom stereocenters. The average molecular weight is 250 g/mol. The third kappa shape index (κ3) is 3.57. The second-order valence-electron chi connectivity index (χ2n) is 5.27. The zero-order chi connectivity index (χ0) is 13.0. The molecule has 1 aromatic heterocycles. The Balaban J connectivity index is 1.97. The zero-order valence-corrected chi connectivity index (χ0v) is 11.1. The van der Waals surface area contributed by atoms with Crippen molar-refractivity contribution < 1.29 is 0 Å². The van der Waals surface area contributed by atoms with E-state index in [2.05, 4.69) is 20.6 Å². The van der Waals surface area contributed by atoms with Crippen molar-refractivity contribution in [3.8, 4) is 0 Å². The van der Waals surface area contributed by atoms with Gasteiger partial charge < -0.3 is 10.6 Å². The standard InChI is InChI=1S/C13H22N4O/c1-9(2)11-6-12(18)17-13(16-11)15-8-10-4-3-5-14-7-10/h6,9-10,14H,3-5,7-8H2,1-2H3,(H2,15,16,17,18). The first-order chi connectivity index (χ1) is 8.65. The van der Waals surface area contributed by atoms with Crippen LogP contribution in [0.2, 0.25) is 0 Å². The molecule has 18 heavy (non-hydrogen) atoms. The van der Waals surface area contributed by atoms with Crippen LogP contribution in [0.1, 0.15) is 38.3 Å². The maximum absolute atomic E-state index is 11.5. The Hall–Kier alpha value is -1.36. The van der Waals surface area contributed by atoms with Gasteiger partial charge >= 0.3 is 0 Å². The highest BCUT2D eigenvalue weighted by atomic mass is 16.1. The fourth-order valence-corrected chi connectivity index (χ4v) is 2.20. The Morgan fingerprint density at radius 3 is 3.06 bits per heavy atom. The van der Waals surface area contributed by atoms with Gasteiger partial charge in [0.05, 0.1) is 5.69 Å². The summed E-state index contributed by atoms with van der Waals surface area (Å²) in [7, 11) is 0. The number of hydrogen-bond donors (Lipinski definition) is 3. The van der Waals surface area contributed by atoms with Crippen molar-refractivity contribution in [3.63, 3.8) is 0 Å². The number of nitrogens with zero attached hydrogens (tertiary/aromatic N) is 1. The van der Waals surface area contributed by atoms with E-state index in [4.69, 9.17) is 0 Å². The number of hydrogen-bond acceptors (Lipinski definition) is 4. The van der Waals surface area contributed by atoms with E-state index in [-0.39, 0.29) is 11.5 Å². The number of rotatable bonds is 4. The van der Waals surface area contributed by atoms with Gasteiger partial charge in [0, 0.05) is 12.6 Å². The molecule has 1 aliphatic rings. The smallest absolute Gasteiger partial charge is 0.252 e. The number of piperidine rings is 1. The Bertz CT molecular complexity index is 435. The summed E-state index contributed by atoms with van der Waals surface area (Å²) in [6, 6.07) is 1.57. The van der Waals surface area contributed by atoms with Gasteiger partial charge in [-0.15, -0.1) is 0 Å². The molecule has 2 heterocycles. The Morgan fingerprint density at radius 2 is 2.39 bits per heavy atom. The predicted octanol–water partition coefficient (Wildman–Crippen LogP) is 1.30. The second-order valence-corrected chi connectivity index (χ2v) is 5.27. The van der Waals surface area contributed by atoms with Gasteiger partial charge in [-0.2, -0.15) is 0 Å².